The Balaban J connectivity index is 1.77. The number of nitro groups is 1. The third-order valence-electron chi connectivity index (χ3n) is 4.30. The molecule has 1 heterocycles. The maximum Gasteiger partial charge on any atom is 0.311 e. The minimum Gasteiger partial charge on any atom is -0.457 e. The van der Waals surface area contributed by atoms with Gasteiger partial charge in [0, 0.05) is 33.8 Å². The lowest BCUT2D eigenvalue weighted by molar-refractivity contribution is -0.384. The predicted molar refractivity (Wildman–Crippen MR) is 103 cm³/mol. The van der Waals surface area contributed by atoms with E-state index < -0.39 is 17.0 Å². The molecule has 0 N–H and O–H groups in total. The van der Waals surface area contributed by atoms with Crippen LogP contribution in [0, 0.1) is 17.0 Å². The van der Waals surface area contributed by atoms with Crippen LogP contribution >= 0.6 is 11.6 Å². The number of aryl methyl sites for hydroxylation is 1. The van der Waals surface area contributed by atoms with Gasteiger partial charge in [-0.3, -0.25) is 14.9 Å². The molecule has 0 fully saturated rings. The number of nitro benzene ring substituents is 1. The van der Waals surface area contributed by atoms with E-state index in [4.69, 9.17) is 20.9 Å². The number of hydrogen-bond donors (Lipinski definition) is 0. The number of carbonyl (C=O) groups excluding carboxylic acids is 1. The van der Waals surface area contributed by atoms with Gasteiger partial charge in [-0.2, -0.15) is 0 Å². The first-order chi connectivity index (χ1) is 13.4. The summed E-state index contributed by atoms with van der Waals surface area (Å²) in [7, 11) is 0. The molecule has 1 atom stereocenters. The van der Waals surface area contributed by atoms with E-state index in [0.29, 0.717) is 27.6 Å². The second kappa shape index (κ2) is 8.22. The number of nitrogens with zero attached hydrogens (tertiary/aromatic N) is 2. The van der Waals surface area contributed by atoms with Gasteiger partial charge in [0.25, 0.3) is 5.69 Å². The molecule has 144 valence electrons. The minimum absolute atomic E-state index is 0.0329. The highest BCUT2D eigenvalue weighted by atomic mass is 35.5. The Labute approximate surface area is 166 Å². The molecule has 7 nitrogen and oxygen atoms in total. The Hall–Kier alpha value is -3.19. The predicted octanol–water partition coefficient (Wildman–Crippen LogP) is 5.06. The van der Waals surface area contributed by atoms with Gasteiger partial charge in [0.15, 0.2) is 5.76 Å². The van der Waals surface area contributed by atoms with E-state index in [9.17, 15) is 14.9 Å². The number of aromatic nitrogens is 1. The van der Waals surface area contributed by atoms with E-state index >= 15 is 0 Å². The Kier molecular flexibility index (Phi) is 5.75. The first-order valence-corrected chi connectivity index (χ1v) is 8.88. The van der Waals surface area contributed by atoms with Crippen LogP contribution in [0.2, 0.25) is 5.02 Å². The summed E-state index contributed by atoms with van der Waals surface area (Å²) >= 11 is 6.15. The van der Waals surface area contributed by atoms with Gasteiger partial charge in [0.2, 0.25) is 0 Å². The van der Waals surface area contributed by atoms with Gasteiger partial charge < -0.3 is 9.26 Å². The average Bonchev–Trinajstić information content (AvgIpc) is 3.02. The highest BCUT2D eigenvalue weighted by molar-refractivity contribution is 6.31. The molecule has 0 amide bonds. The molecule has 0 radical (unpaired) electrons. The molecule has 3 aromatic rings. The Morgan fingerprint density at radius 3 is 2.57 bits per heavy atom. The SMILES string of the molecule is Cc1noc(-c2ccc([N+](=O)[O-])cc2)c1CC(=O)OC(C)c1ccccc1Cl. The molecule has 8 heteroatoms. The van der Waals surface area contributed by atoms with Gasteiger partial charge in [-0.05, 0) is 32.0 Å². The van der Waals surface area contributed by atoms with Crippen molar-refractivity contribution in [2.45, 2.75) is 26.4 Å². The summed E-state index contributed by atoms with van der Waals surface area (Å²) in [4.78, 5) is 22.8. The molecule has 0 aliphatic carbocycles. The van der Waals surface area contributed by atoms with Crippen LogP contribution in [0.15, 0.2) is 53.1 Å². The highest BCUT2D eigenvalue weighted by Gasteiger charge is 2.21. The van der Waals surface area contributed by atoms with Crippen LogP contribution in [0.5, 0.6) is 0 Å². The van der Waals surface area contributed by atoms with Crippen molar-refractivity contribution in [1.29, 1.82) is 0 Å². The molecular weight excluding hydrogens is 384 g/mol. The van der Waals surface area contributed by atoms with Crippen LogP contribution in [-0.4, -0.2) is 16.0 Å². The molecular formula is C20H17ClN2O5. The van der Waals surface area contributed by atoms with E-state index in [2.05, 4.69) is 5.16 Å². The van der Waals surface area contributed by atoms with Gasteiger partial charge in [0.05, 0.1) is 17.0 Å². The fraction of sp³-hybridized carbons (Fsp3) is 0.200. The summed E-state index contributed by atoms with van der Waals surface area (Å²) < 4.78 is 10.8. The minimum atomic E-state index is -0.510. The van der Waals surface area contributed by atoms with Crippen molar-refractivity contribution in [1.82, 2.24) is 5.16 Å². The Bertz CT molecular complexity index is 1010. The van der Waals surface area contributed by atoms with Crippen molar-refractivity contribution >= 4 is 23.3 Å². The molecule has 0 saturated carbocycles. The molecule has 0 spiro atoms. The number of ether oxygens (including phenoxy) is 1. The number of benzene rings is 2. The molecule has 1 aromatic heterocycles. The second-order valence-electron chi connectivity index (χ2n) is 6.21. The highest BCUT2D eigenvalue weighted by Crippen LogP contribution is 2.30. The molecule has 2 aromatic carbocycles. The fourth-order valence-electron chi connectivity index (χ4n) is 2.81. The molecule has 3 rings (SSSR count). The van der Waals surface area contributed by atoms with E-state index in [0.717, 1.165) is 5.56 Å². The molecule has 0 aliphatic heterocycles. The van der Waals surface area contributed by atoms with E-state index in [1.165, 1.54) is 12.1 Å². The zero-order chi connectivity index (χ0) is 20.3. The number of halogens is 1. The zero-order valence-corrected chi connectivity index (χ0v) is 16.0. The van der Waals surface area contributed by atoms with Crippen molar-refractivity contribution in [2.75, 3.05) is 0 Å². The second-order valence-corrected chi connectivity index (χ2v) is 6.62. The Morgan fingerprint density at radius 1 is 1.25 bits per heavy atom. The lowest BCUT2D eigenvalue weighted by Gasteiger charge is -2.15. The van der Waals surface area contributed by atoms with Gasteiger partial charge in [-0.1, -0.05) is 35.0 Å². The van der Waals surface area contributed by atoms with Gasteiger partial charge in [-0.15, -0.1) is 0 Å². The van der Waals surface area contributed by atoms with E-state index in [-0.39, 0.29) is 12.1 Å². The van der Waals surface area contributed by atoms with Crippen LogP contribution in [0.25, 0.3) is 11.3 Å². The van der Waals surface area contributed by atoms with Gasteiger partial charge in [0.1, 0.15) is 6.10 Å². The molecule has 1 unspecified atom stereocenters. The number of carbonyl (C=O) groups is 1. The van der Waals surface area contributed by atoms with E-state index in [1.54, 1.807) is 44.2 Å². The van der Waals surface area contributed by atoms with Crippen molar-refractivity contribution < 1.29 is 19.0 Å². The van der Waals surface area contributed by atoms with Crippen molar-refractivity contribution in [3.8, 4) is 11.3 Å². The normalized spacial score (nSPS) is 11.8. The first kappa shape index (κ1) is 19.6. The monoisotopic (exact) mass is 400 g/mol. The van der Waals surface area contributed by atoms with Crippen LogP contribution < -0.4 is 0 Å². The smallest absolute Gasteiger partial charge is 0.311 e. The number of rotatable bonds is 6. The quantitative estimate of drug-likeness (QED) is 0.326. The van der Waals surface area contributed by atoms with Crippen LogP contribution in [0.1, 0.15) is 29.8 Å². The van der Waals surface area contributed by atoms with Crippen LogP contribution in [-0.2, 0) is 16.0 Å². The summed E-state index contributed by atoms with van der Waals surface area (Å²) in [5, 5.41) is 15.2. The Morgan fingerprint density at radius 2 is 1.93 bits per heavy atom. The summed E-state index contributed by atoms with van der Waals surface area (Å²) in [6.45, 7) is 3.47. The standard InChI is InChI=1S/C20H17ClN2O5/c1-12-17(11-19(24)27-13(2)16-5-3-4-6-18(16)21)20(28-22-12)14-7-9-15(10-8-14)23(25)26/h3-10,13H,11H2,1-2H3. The third-order valence-corrected chi connectivity index (χ3v) is 4.64. The van der Waals surface area contributed by atoms with Gasteiger partial charge >= 0.3 is 5.97 Å². The molecule has 28 heavy (non-hydrogen) atoms. The largest absolute Gasteiger partial charge is 0.457 e. The van der Waals surface area contributed by atoms with Crippen LogP contribution in [0.4, 0.5) is 5.69 Å². The topological polar surface area (TPSA) is 95.5 Å². The van der Waals surface area contributed by atoms with Gasteiger partial charge in [-0.25, -0.2) is 0 Å². The fourth-order valence-corrected chi connectivity index (χ4v) is 3.10. The summed E-state index contributed by atoms with van der Waals surface area (Å²) in [5.41, 5.74) is 2.40. The zero-order valence-electron chi connectivity index (χ0n) is 15.2. The summed E-state index contributed by atoms with van der Waals surface area (Å²) in [6.07, 6.45) is -0.555. The summed E-state index contributed by atoms with van der Waals surface area (Å²) in [6, 6.07) is 13.0. The van der Waals surface area contributed by atoms with Crippen molar-refractivity contribution in [3.63, 3.8) is 0 Å². The maximum atomic E-state index is 12.5. The number of non-ortho nitro benzene ring substituents is 1. The van der Waals surface area contributed by atoms with E-state index in [1.807, 2.05) is 6.07 Å². The number of esters is 1. The molecule has 0 aliphatic rings. The molecule has 0 bridgehead atoms. The lowest BCUT2D eigenvalue weighted by Crippen LogP contribution is -2.12. The van der Waals surface area contributed by atoms with Crippen molar-refractivity contribution in [2.24, 2.45) is 0 Å². The lowest BCUT2D eigenvalue weighted by atomic mass is 10.0. The van der Waals surface area contributed by atoms with Crippen molar-refractivity contribution in [3.05, 3.63) is 80.5 Å². The first-order valence-electron chi connectivity index (χ1n) is 8.50. The summed E-state index contributed by atoms with van der Waals surface area (Å²) in [5.74, 6) is -0.0726. The molecule has 0 saturated heterocycles. The third kappa shape index (κ3) is 4.20. The average molecular weight is 401 g/mol. The van der Waals surface area contributed by atoms with Crippen LogP contribution in [0.3, 0.4) is 0 Å². The number of hydrogen-bond acceptors (Lipinski definition) is 6. The maximum absolute atomic E-state index is 12.5.